The van der Waals surface area contributed by atoms with E-state index in [1.54, 1.807) is 35.2 Å². The smallest absolute Gasteiger partial charge is 0.245 e. The molecule has 0 bridgehead atoms. The molecule has 2 aromatic carbocycles. The summed E-state index contributed by atoms with van der Waals surface area (Å²) in [6.45, 7) is 2.91. The zero-order valence-electron chi connectivity index (χ0n) is 16.5. The number of piperidine rings is 1. The molecule has 154 valence electrons. The quantitative estimate of drug-likeness (QED) is 0.756. The maximum absolute atomic E-state index is 13.4. The summed E-state index contributed by atoms with van der Waals surface area (Å²) in [5.74, 6) is -0.00786. The van der Waals surface area contributed by atoms with Crippen LogP contribution >= 0.6 is 0 Å². The number of sulfonamides is 1. The minimum atomic E-state index is -3.71. The molecule has 1 amide bonds. The van der Waals surface area contributed by atoms with E-state index in [4.69, 9.17) is 0 Å². The van der Waals surface area contributed by atoms with Crippen LogP contribution in [-0.4, -0.2) is 61.2 Å². The van der Waals surface area contributed by atoms with Crippen LogP contribution in [0, 0.1) is 0 Å². The first-order valence-electron chi connectivity index (χ1n) is 10.2. The Kier molecular flexibility index (Phi) is 5.99. The lowest BCUT2D eigenvalue weighted by Crippen LogP contribution is -2.44. The zero-order valence-corrected chi connectivity index (χ0v) is 17.3. The highest BCUT2D eigenvalue weighted by atomic mass is 32.2. The first kappa shape index (κ1) is 20.1. The number of carbonyl (C=O) groups is 1. The molecule has 0 unspecified atom stereocenters. The molecule has 29 heavy (non-hydrogen) atoms. The third-order valence-corrected chi connectivity index (χ3v) is 7.57. The lowest BCUT2D eigenvalue weighted by Gasteiger charge is -2.32. The molecule has 0 saturated carbocycles. The van der Waals surface area contributed by atoms with Crippen molar-refractivity contribution in [2.45, 2.75) is 30.3 Å². The van der Waals surface area contributed by atoms with Crippen LogP contribution in [-0.2, 0) is 14.8 Å². The molecule has 2 aliphatic rings. The van der Waals surface area contributed by atoms with Gasteiger partial charge in [0.2, 0.25) is 15.9 Å². The average Bonchev–Trinajstić information content (AvgIpc) is 3.22. The predicted molar refractivity (Wildman–Crippen MR) is 112 cm³/mol. The van der Waals surface area contributed by atoms with E-state index in [1.165, 1.54) is 10.7 Å². The molecule has 2 aliphatic heterocycles. The predicted octanol–water partition coefficient (Wildman–Crippen LogP) is 2.70. The summed E-state index contributed by atoms with van der Waals surface area (Å²) in [4.78, 5) is 17.3. The van der Waals surface area contributed by atoms with Crippen LogP contribution in [0.5, 0.6) is 0 Å². The van der Waals surface area contributed by atoms with Gasteiger partial charge < -0.3 is 4.90 Å². The molecular formula is C22H27N3O3S. The maximum atomic E-state index is 13.4. The summed E-state index contributed by atoms with van der Waals surface area (Å²) in [5, 5.41) is 0. The van der Waals surface area contributed by atoms with Crippen molar-refractivity contribution in [3.63, 3.8) is 0 Å². The van der Waals surface area contributed by atoms with Crippen LogP contribution in [0.4, 0.5) is 0 Å². The zero-order chi connectivity index (χ0) is 20.3. The molecule has 0 spiro atoms. The maximum Gasteiger partial charge on any atom is 0.245 e. The number of nitrogens with zero attached hydrogens (tertiary/aromatic N) is 3. The lowest BCUT2D eigenvalue weighted by molar-refractivity contribution is -0.134. The van der Waals surface area contributed by atoms with Crippen molar-refractivity contribution in [2.24, 2.45) is 0 Å². The van der Waals surface area contributed by atoms with Gasteiger partial charge in [0.25, 0.3) is 0 Å². The normalized spacial score (nSPS) is 21.4. The second kappa shape index (κ2) is 8.65. The van der Waals surface area contributed by atoms with E-state index in [9.17, 15) is 13.2 Å². The fraction of sp³-hybridized carbons (Fsp3) is 0.409. The number of rotatable bonds is 5. The molecule has 6 nitrogen and oxygen atoms in total. The van der Waals surface area contributed by atoms with Gasteiger partial charge in [-0.1, -0.05) is 55.0 Å². The standard InChI is InChI=1S/C22H27N3O3S/c26-21(18-23-14-8-3-9-15-23)24-16-17-25(22(24)19-10-4-1-5-11-19)29(27,28)20-12-6-2-7-13-20/h1-2,4-7,10-13,22H,3,8-9,14-18H2/t22-/m1/s1. The molecule has 2 aromatic rings. The second-order valence-corrected chi connectivity index (χ2v) is 9.53. The molecule has 0 aromatic heterocycles. The summed E-state index contributed by atoms with van der Waals surface area (Å²) in [7, 11) is -3.71. The van der Waals surface area contributed by atoms with Crippen LogP contribution in [0.1, 0.15) is 31.0 Å². The Labute approximate surface area is 172 Å². The molecule has 7 heteroatoms. The highest BCUT2D eigenvalue weighted by molar-refractivity contribution is 7.89. The number of benzene rings is 2. The van der Waals surface area contributed by atoms with E-state index in [2.05, 4.69) is 4.90 Å². The van der Waals surface area contributed by atoms with E-state index in [0.29, 0.717) is 19.6 Å². The van der Waals surface area contributed by atoms with Gasteiger partial charge in [0.05, 0.1) is 11.4 Å². The number of carbonyl (C=O) groups excluding carboxylic acids is 1. The average molecular weight is 414 g/mol. The third-order valence-electron chi connectivity index (χ3n) is 5.70. The number of hydrogen-bond donors (Lipinski definition) is 0. The van der Waals surface area contributed by atoms with E-state index < -0.39 is 16.2 Å². The summed E-state index contributed by atoms with van der Waals surface area (Å²) in [6.07, 6.45) is 2.83. The van der Waals surface area contributed by atoms with Gasteiger partial charge >= 0.3 is 0 Å². The number of likely N-dealkylation sites (tertiary alicyclic amines) is 1. The molecule has 0 N–H and O–H groups in total. The fourth-order valence-electron chi connectivity index (χ4n) is 4.22. The minimum absolute atomic E-state index is 0.00786. The topological polar surface area (TPSA) is 60.9 Å². The summed E-state index contributed by atoms with van der Waals surface area (Å²) in [5.41, 5.74) is 0.816. The molecule has 2 fully saturated rings. The van der Waals surface area contributed by atoms with Crippen molar-refractivity contribution in [1.82, 2.24) is 14.1 Å². The van der Waals surface area contributed by atoms with E-state index >= 15 is 0 Å². The van der Waals surface area contributed by atoms with Gasteiger partial charge in [0.15, 0.2) is 0 Å². The summed E-state index contributed by atoms with van der Waals surface area (Å²) in [6, 6.07) is 17.9. The van der Waals surface area contributed by atoms with Gasteiger partial charge in [-0.05, 0) is 43.6 Å². The van der Waals surface area contributed by atoms with Gasteiger partial charge in [-0.3, -0.25) is 9.69 Å². The third kappa shape index (κ3) is 4.22. The monoisotopic (exact) mass is 413 g/mol. The van der Waals surface area contributed by atoms with E-state index in [0.717, 1.165) is 31.5 Å². The molecule has 0 radical (unpaired) electrons. The van der Waals surface area contributed by atoms with Crippen LogP contribution in [0.3, 0.4) is 0 Å². The van der Waals surface area contributed by atoms with Gasteiger partial charge in [-0.15, -0.1) is 0 Å². The highest BCUT2D eigenvalue weighted by Crippen LogP contribution is 2.35. The van der Waals surface area contributed by atoms with E-state index in [-0.39, 0.29) is 10.8 Å². The Hall–Kier alpha value is -2.22. The first-order valence-corrected chi connectivity index (χ1v) is 11.6. The van der Waals surface area contributed by atoms with Crippen molar-refractivity contribution >= 4 is 15.9 Å². The Balaban J connectivity index is 1.63. The highest BCUT2D eigenvalue weighted by Gasteiger charge is 2.43. The SMILES string of the molecule is O=C(CN1CCCCC1)N1CCN(S(=O)(=O)c2ccccc2)[C@@H]1c1ccccc1. The molecule has 2 saturated heterocycles. The van der Waals surface area contributed by atoms with Gasteiger partial charge in [-0.25, -0.2) is 8.42 Å². The van der Waals surface area contributed by atoms with Crippen LogP contribution in [0.15, 0.2) is 65.6 Å². The van der Waals surface area contributed by atoms with Crippen LogP contribution < -0.4 is 0 Å². The van der Waals surface area contributed by atoms with Crippen molar-refractivity contribution in [2.75, 3.05) is 32.7 Å². The van der Waals surface area contributed by atoms with Gasteiger partial charge in [0.1, 0.15) is 6.17 Å². The molecule has 4 rings (SSSR count). The van der Waals surface area contributed by atoms with Crippen molar-refractivity contribution < 1.29 is 13.2 Å². The summed E-state index contributed by atoms with van der Waals surface area (Å²) < 4.78 is 28.2. The van der Waals surface area contributed by atoms with Gasteiger partial charge in [-0.2, -0.15) is 4.31 Å². The second-order valence-electron chi connectivity index (χ2n) is 7.64. The van der Waals surface area contributed by atoms with E-state index in [1.807, 2.05) is 30.3 Å². The molecule has 1 atom stereocenters. The first-order chi connectivity index (χ1) is 14.1. The fourth-order valence-corrected chi connectivity index (χ4v) is 5.81. The number of amides is 1. The Bertz CT molecular complexity index is 928. The Morgan fingerprint density at radius 3 is 2.10 bits per heavy atom. The minimum Gasteiger partial charge on any atom is -0.319 e. The van der Waals surface area contributed by atoms with Crippen LogP contribution in [0.2, 0.25) is 0 Å². The Morgan fingerprint density at radius 2 is 1.45 bits per heavy atom. The van der Waals surface area contributed by atoms with Crippen molar-refractivity contribution in [3.8, 4) is 0 Å². The van der Waals surface area contributed by atoms with Crippen molar-refractivity contribution in [3.05, 3.63) is 66.2 Å². The molecule has 0 aliphatic carbocycles. The Morgan fingerprint density at radius 1 is 0.828 bits per heavy atom. The lowest BCUT2D eigenvalue weighted by atomic mass is 10.1. The number of hydrogen-bond acceptors (Lipinski definition) is 4. The molecule has 2 heterocycles. The van der Waals surface area contributed by atoms with Crippen LogP contribution in [0.25, 0.3) is 0 Å². The van der Waals surface area contributed by atoms with Crippen molar-refractivity contribution in [1.29, 1.82) is 0 Å². The largest absolute Gasteiger partial charge is 0.319 e. The van der Waals surface area contributed by atoms with Gasteiger partial charge in [0, 0.05) is 13.1 Å². The molecular weight excluding hydrogens is 386 g/mol. The summed E-state index contributed by atoms with van der Waals surface area (Å²) >= 11 is 0.